The first-order valence-corrected chi connectivity index (χ1v) is 9.57. The number of aromatic nitrogens is 3. The van der Waals surface area contributed by atoms with Crippen LogP contribution >= 0.6 is 0 Å². The Hall–Kier alpha value is -3.67. The van der Waals surface area contributed by atoms with Gasteiger partial charge in [-0.3, -0.25) is 9.20 Å². The molecule has 0 spiro atoms. The Bertz CT molecular complexity index is 1130. The van der Waals surface area contributed by atoms with Crippen LogP contribution < -0.4 is 11.0 Å². The van der Waals surface area contributed by atoms with E-state index >= 15 is 0 Å². The lowest BCUT2D eigenvalue weighted by Crippen LogP contribution is -2.41. The van der Waals surface area contributed by atoms with E-state index in [-0.39, 0.29) is 30.1 Å². The maximum atomic E-state index is 12.7. The molecule has 0 bridgehead atoms. The van der Waals surface area contributed by atoms with E-state index in [4.69, 9.17) is 0 Å². The third-order valence-corrected chi connectivity index (χ3v) is 4.99. The molecule has 2 aromatic carbocycles. The number of carbonyl (C=O) groups is 1. The minimum atomic E-state index is -0.328. The third kappa shape index (κ3) is 3.96. The molecule has 1 unspecified atom stereocenters. The van der Waals surface area contributed by atoms with Crippen molar-refractivity contribution in [3.05, 3.63) is 107 Å². The molecule has 0 aliphatic carbocycles. The molecular formula is C23H22N4O2. The van der Waals surface area contributed by atoms with Crippen LogP contribution in [0.3, 0.4) is 0 Å². The van der Waals surface area contributed by atoms with Gasteiger partial charge < -0.3 is 5.32 Å². The van der Waals surface area contributed by atoms with E-state index in [1.807, 2.05) is 43.3 Å². The SMILES string of the molecule is CC(NC(=O)Cn1nc2ccccn2c1=O)C(c1ccccc1)c1ccccc1. The zero-order chi connectivity index (χ0) is 20.2. The summed E-state index contributed by atoms with van der Waals surface area (Å²) < 4.78 is 2.62. The van der Waals surface area contributed by atoms with Gasteiger partial charge in [-0.05, 0) is 30.2 Å². The van der Waals surface area contributed by atoms with E-state index in [1.165, 1.54) is 9.08 Å². The average molecular weight is 386 g/mol. The zero-order valence-electron chi connectivity index (χ0n) is 16.1. The van der Waals surface area contributed by atoms with E-state index in [2.05, 4.69) is 34.7 Å². The van der Waals surface area contributed by atoms with Crippen molar-refractivity contribution in [2.75, 3.05) is 0 Å². The average Bonchev–Trinajstić information content (AvgIpc) is 3.05. The van der Waals surface area contributed by atoms with Crippen LogP contribution in [-0.4, -0.2) is 26.1 Å². The highest BCUT2D eigenvalue weighted by atomic mass is 16.2. The van der Waals surface area contributed by atoms with Crippen LogP contribution in [0.5, 0.6) is 0 Å². The van der Waals surface area contributed by atoms with Crippen molar-refractivity contribution in [2.45, 2.75) is 25.4 Å². The molecule has 4 rings (SSSR count). The summed E-state index contributed by atoms with van der Waals surface area (Å²) in [6.07, 6.45) is 1.64. The Morgan fingerprint density at radius 3 is 2.10 bits per heavy atom. The van der Waals surface area contributed by atoms with Gasteiger partial charge >= 0.3 is 5.69 Å². The first kappa shape index (κ1) is 18.7. The number of benzene rings is 2. The summed E-state index contributed by atoms with van der Waals surface area (Å²) in [5.41, 5.74) is 2.43. The molecule has 0 saturated carbocycles. The summed E-state index contributed by atoms with van der Waals surface area (Å²) in [6.45, 7) is 1.86. The largest absolute Gasteiger partial charge is 0.351 e. The monoisotopic (exact) mass is 386 g/mol. The molecule has 1 atom stereocenters. The first-order chi connectivity index (χ1) is 14.1. The predicted octanol–water partition coefficient (Wildman–Crippen LogP) is 2.83. The minimum absolute atomic E-state index is 0.000796. The minimum Gasteiger partial charge on any atom is -0.351 e. The van der Waals surface area contributed by atoms with Gasteiger partial charge in [0.05, 0.1) is 0 Å². The van der Waals surface area contributed by atoms with E-state index in [0.29, 0.717) is 5.65 Å². The second-order valence-electron chi connectivity index (χ2n) is 7.02. The van der Waals surface area contributed by atoms with Crippen LogP contribution in [0.25, 0.3) is 5.65 Å². The van der Waals surface area contributed by atoms with Crippen LogP contribution in [0.4, 0.5) is 0 Å². The quantitative estimate of drug-likeness (QED) is 0.554. The molecule has 6 nitrogen and oxygen atoms in total. The smallest absolute Gasteiger partial charge is 0.350 e. The van der Waals surface area contributed by atoms with Crippen molar-refractivity contribution >= 4 is 11.6 Å². The highest BCUT2D eigenvalue weighted by Crippen LogP contribution is 2.27. The topological polar surface area (TPSA) is 68.4 Å². The van der Waals surface area contributed by atoms with Gasteiger partial charge in [-0.1, -0.05) is 66.7 Å². The van der Waals surface area contributed by atoms with E-state index < -0.39 is 0 Å². The van der Waals surface area contributed by atoms with Crippen LogP contribution in [0.1, 0.15) is 24.0 Å². The molecule has 1 amide bonds. The molecule has 0 fully saturated rings. The fraction of sp³-hybridized carbons (Fsp3) is 0.174. The fourth-order valence-electron chi connectivity index (χ4n) is 3.68. The fourth-order valence-corrected chi connectivity index (χ4v) is 3.68. The molecule has 1 N–H and O–H groups in total. The standard InChI is InChI=1S/C23H22N4O2/c1-17(22(18-10-4-2-5-11-18)19-12-6-3-7-13-19)24-21(28)16-27-23(29)26-15-9-8-14-20(26)25-27/h2-15,17,22H,16H2,1H3,(H,24,28). The Kier molecular flexibility index (Phi) is 5.24. The second-order valence-corrected chi connectivity index (χ2v) is 7.02. The Morgan fingerprint density at radius 2 is 1.52 bits per heavy atom. The molecule has 0 aliphatic heterocycles. The van der Waals surface area contributed by atoms with Gasteiger partial charge in [0.25, 0.3) is 0 Å². The number of nitrogens with one attached hydrogen (secondary N) is 1. The molecule has 6 heteroatoms. The number of rotatable bonds is 6. The van der Waals surface area contributed by atoms with Gasteiger partial charge in [0, 0.05) is 18.2 Å². The van der Waals surface area contributed by atoms with E-state index in [1.54, 1.807) is 24.4 Å². The molecule has 2 aromatic heterocycles. The van der Waals surface area contributed by atoms with Gasteiger partial charge in [-0.15, -0.1) is 5.10 Å². The van der Waals surface area contributed by atoms with Crippen molar-refractivity contribution in [2.24, 2.45) is 0 Å². The van der Waals surface area contributed by atoms with Crippen LogP contribution in [-0.2, 0) is 11.3 Å². The normalized spacial score (nSPS) is 12.2. The van der Waals surface area contributed by atoms with Crippen molar-refractivity contribution in [1.82, 2.24) is 19.5 Å². The number of nitrogens with zero attached hydrogens (tertiary/aromatic N) is 3. The summed E-state index contributed by atoms with van der Waals surface area (Å²) >= 11 is 0. The van der Waals surface area contributed by atoms with Crippen LogP contribution in [0, 0.1) is 0 Å². The van der Waals surface area contributed by atoms with Crippen molar-refractivity contribution < 1.29 is 4.79 Å². The summed E-state index contributed by atoms with van der Waals surface area (Å²) in [4.78, 5) is 25.1. The maximum Gasteiger partial charge on any atom is 0.350 e. The highest BCUT2D eigenvalue weighted by Gasteiger charge is 2.23. The number of carbonyl (C=O) groups excluding carboxylic acids is 1. The Balaban J connectivity index is 1.55. The lowest BCUT2D eigenvalue weighted by molar-refractivity contribution is -0.122. The van der Waals surface area contributed by atoms with Crippen LogP contribution in [0.15, 0.2) is 89.9 Å². The second kappa shape index (κ2) is 8.14. The molecule has 4 aromatic rings. The van der Waals surface area contributed by atoms with Crippen molar-refractivity contribution in [1.29, 1.82) is 0 Å². The number of amides is 1. The van der Waals surface area contributed by atoms with Gasteiger partial charge in [-0.25, -0.2) is 9.48 Å². The summed E-state index contributed by atoms with van der Waals surface area (Å²) in [7, 11) is 0. The summed E-state index contributed by atoms with van der Waals surface area (Å²) in [5, 5.41) is 7.28. The first-order valence-electron chi connectivity index (χ1n) is 9.57. The van der Waals surface area contributed by atoms with Crippen LogP contribution in [0.2, 0.25) is 0 Å². The lowest BCUT2D eigenvalue weighted by Gasteiger charge is -2.26. The Labute approximate surface area is 168 Å². The molecule has 0 saturated heterocycles. The highest BCUT2D eigenvalue weighted by molar-refractivity contribution is 5.76. The van der Waals surface area contributed by atoms with E-state index in [9.17, 15) is 9.59 Å². The predicted molar refractivity (Wildman–Crippen MR) is 112 cm³/mol. The number of hydrogen-bond acceptors (Lipinski definition) is 3. The molecule has 0 aliphatic rings. The van der Waals surface area contributed by atoms with Crippen molar-refractivity contribution in [3.63, 3.8) is 0 Å². The number of fused-ring (bicyclic) bond motifs is 1. The van der Waals surface area contributed by atoms with E-state index in [0.717, 1.165) is 11.1 Å². The number of pyridine rings is 1. The van der Waals surface area contributed by atoms with Gasteiger partial charge in [0.1, 0.15) is 6.54 Å². The Morgan fingerprint density at radius 1 is 0.931 bits per heavy atom. The third-order valence-electron chi connectivity index (χ3n) is 4.99. The van der Waals surface area contributed by atoms with Crippen molar-refractivity contribution in [3.8, 4) is 0 Å². The maximum absolute atomic E-state index is 12.7. The summed E-state index contributed by atoms with van der Waals surface area (Å²) in [6, 6.07) is 25.3. The molecule has 2 heterocycles. The molecule has 0 radical (unpaired) electrons. The van der Waals surface area contributed by atoms with Gasteiger partial charge in [0.2, 0.25) is 5.91 Å². The zero-order valence-corrected chi connectivity index (χ0v) is 16.1. The summed E-state index contributed by atoms with van der Waals surface area (Å²) in [5.74, 6) is -0.251. The molecule has 146 valence electrons. The molecular weight excluding hydrogens is 364 g/mol. The lowest BCUT2D eigenvalue weighted by atomic mass is 9.86. The molecule has 29 heavy (non-hydrogen) atoms. The van der Waals surface area contributed by atoms with Gasteiger partial charge in [-0.2, -0.15) is 0 Å². The van der Waals surface area contributed by atoms with Gasteiger partial charge in [0.15, 0.2) is 5.65 Å². The number of hydrogen-bond donors (Lipinski definition) is 1.